The highest BCUT2D eigenvalue weighted by Gasteiger charge is 2.25. The Morgan fingerprint density at radius 2 is 2.05 bits per heavy atom. The normalized spacial score (nSPS) is 15.5. The number of esters is 1. The lowest BCUT2D eigenvalue weighted by Crippen LogP contribution is -2.40. The molecule has 120 valence electrons. The molecule has 1 aliphatic heterocycles. The van der Waals surface area contributed by atoms with Gasteiger partial charge in [-0.2, -0.15) is 0 Å². The van der Waals surface area contributed by atoms with Gasteiger partial charge in [-0.25, -0.2) is 9.78 Å². The molecule has 1 aliphatic rings. The fourth-order valence-electron chi connectivity index (χ4n) is 2.60. The molecule has 6 nitrogen and oxygen atoms in total. The number of nitrogens with one attached hydrogen (secondary N) is 1. The number of carbonyl (C=O) groups excluding carboxylic acids is 2. The fraction of sp³-hybridized carbons (Fsp3) is 0.562. The highest BCUT2D eigenvalue weighted by molar-refractivity contribution is 5.89. The minimum Gasteiger partial charge on any atom is -0.462 e. The third kappa shape index (κ3) is 3.96. The van der Waals surface area contributed by atoms with Crippen molar-refractivity contribution in [2.45, 2.75) is 26.7 Å². The number of nitrogens with zero attached hydrogens (tertiary/aromatic N) is 2. The molecule has 0 unspecified atom stereocenters. The Balaban J connectivity index is 1.91. The summed E-state index contributed by atoms with van der Waals surface area (Å²) < 4.78 is 4.94. The van der Waals surface area contributed by atoms with Crippen LogP contribution in [0.5, 0.6) is 0 Å². The minimum absolute atomic E-state index is 0.0926. The smallest absolute Gasteiger partial charge is 0.339 e. The van der Waals surface area contributed by atoms with E-state index in [0.717, 1.165) is 31.7 Å². The molecule has 1 amide bonds. The minimum atomic E-state index is -0.350. The molecule has 1 N–H and O–H groups in total. The van der Waals surface area contributed by atoms with Crippen LogP contribution in [0, 0.1) is 5.92 Å². The second kappa shape index (κ2) is 7.77. The van der Waals surface area contributed by atoms with E-state index in [2.05, 4.69) is 15.2 Å². The average Bonchev–Trinajstić information content (AvgIpc) is 2.55. The van der Waals surface area contributed by atoms with Crippen LogP contribution in [0.25, 0.3) is 0 Å². The molecule has 22 heavy (non-hydrogen) atoms. The Labute approximate surface area is 130 Å². The number of hydrogen-bond acceptors (Lipinski definition) is 5. The number of piperidine rings is 1. The van der Waals surface area contributed by atoms with Gasteiger partial charge in [-0.05, 0) is 38.8 Å². The highest BCUT2D eigenvalue weighted by Crippen LogP contribution is 2.22. The quantitative estimate of drug-likeness (QED) is 0.837. The number of pyridine rings is 1. The average molecular weight is 305 g/mol. The lowest BCUT2D eigenvalue weighted by Gasteiger charge is -2.32. The fourth-order valence-corrected chi connectivity index (χ4v) is 2.60. The molecule has 1 saturated heterocycles. The summed E-state index contributed by atoms with van der Waals surface area (Å²) in [4.78, 5) is 29.9. The number of anilines is 1. The number of carbonyl (C=O) groups is 2. The molecule has 1 fully saturated rings. The van der Waals surface area contributed by atoms with Gasteiger partial charge >= 0.3 is 5.97 Å². The number of amides is 1. The number of ether oxygens (including phenoxy) is 1. The molecule has 0 bridgehead atoms. The van der Waals surface area contributed by atoms with E-state index in [1.54, 1.807) is 19.2 Å². The Hall–Kier alpha value is -2.11. The van der Waals surface area contributed by atoms with Crippen molar-refractivity contribution in [1.82, 2.24) is 10.3 Å². The van der Waals surface area contributed by atoms with Crippen molar-refractivity contribution < 1.29 is 14.3 Å². The molecule has 0 spiro atoms. The predicted octanol–water partition coefficient (Wildman–Crippen LogP) is 1.61. The van der Waals surface area contributed by atoms with Gasteiger partial charge in [0.05, 0.1) is 12.2 Å². The van der Waals surface area contributed by atoms with Crippen molar-refractivity contribution in [1.29, 1.82) is 0 Å². The lowest BCUT2D eigenvalue weighted by molar-refractivity contribution is -0.125. The van der Waals surface area contributed by atoms with Crippen molar-refractivity contribution >= 4 is 17.7 Å². The molecule has 0 atom stereocenters. The zero-order valence-corrected chi connectivity index (χ0v) is 13.2. The molecule has 0 saturated carbocycles. The number of hydrogen-bond donors (Lipinski definition) is 1. The van der Waals surface area contributed by atoms with Crippen molar-refractivity contribution in [2.75, 3.05) is 31.1 Å². The van der Waals surface area contributed by atoms with Gasteiger partial charge in [-0.15, -0.1) is 0 Å². The van der Waals surface area contributed by atoms with E-state index in [1.807, 2.05) is 13.0 Å². The Morgan fingerprint density at radius 3 is 2.59 bits per heavy atom. The van der Waals surface area contributed by atoms with Crippen LogP contribution in [0.2, 0.25) is 0 Å². The summed E-state index contributed by atoms with van der Waals surface area (Å²) in [6, 6.07) is 3.56. The summed E-state index contributed by atoms with van der Waals surface area (Å²) in [7, 11) is 0. The summed E-state index contributed by atoms with van der Waals surface area (Å²) in [5.41, 5.74) is 0.461. The highest BCUT2D eigenvalue weighted by atomic mass is 16.5. The molecule has 2 rings (SSSR count). The number of rotatable bonds is 5. The van der Waals surface area contributed by atoms with E-state index in [9.17, 15) is 9.59 Å². The molecule has 0 radical (unpaired) electrons. The molecule has 1 aromatic heterocycles. The zero-order valence-electron chi connectivity index (χ0n) is 13.2. The maximum absolute atomic E-state index is 11.8. The van der Waals surface area contributed by atoms with Gasteiger partial charge < -0.3 is 15.0 Å². The first-order chi connectivity index (χ1) is 10.7. The molecule has 6 heteroatoms. The van der Waals surface area contributed by atoms with Gasteiger partial charge in [0.15, 0.2) is 0 Å². The Kier molecular flexibility index (Phi) is 5.75. The molecular formula is C16H23N3O3. The van der Waals surface area contributed by atoms with Gasteiger partial charge in [-0.3, -0.25) is 4.79 Å². The van der Waals surface area contributed by atoms with Crippen molar-refractivity contribution in [3.8, 4) is 0 Å². The Bertz CT molecular complexity index is 508. The standard InChI is InChI=1S/C16H23N3O3/c1-3-17-15(20)12-7-9-19(10-8-12)14-6-5-13(11-18-14)16(21)22-4-2/h5-6,11-12H,3-4,7-10H2,1-2H3,(H,17,20). The largest absolute Gasteiger partial charge is 0.462 e. The van der Waals surface area contributed by atoms with Crippen LogP contribution in [0.3, 0.4) is 0 Å². The summed E-state index contributed by atoms with van der Waals surface area (Å²) in [6.07, 6.45) is 3.20. The van der Waals surface area contributed by atoms with Gasteiger partial charge in [0, 0.05) is 31.7 Å². The maximum atomic E-state index is 11.8. The molecule has 2 heterocycles. The molecule has 0 aromatic carbocycles. The molecule has 1 aromatic rings. The molecule has 0 aliphatic carbocycles. The van der Waals surface area contributed by atoms with Crippen LogP contribution in [0.4, 0.5) is 5.82 Å². The van der Waals surface area contributed by atoms with Crippen LogP contribution in [-0.2, 0) is 9.53 Å². The van der Waals surface area contributed by atoms with Gasteiger partial charge in [0.1, 0.15) is 5.82 Å². The maximum Gasteiger partial charge on any atom is 0.339 e. The SMILES string of the molecule is CCNC(=O)C1CCN(c2ccc(C(=O)OCC)cn2)CC1. The summed E-state index contributed by atoms with van der Waals surface area (Å²) >= 11 is 0. The van der Waals surface area contributed by atoms with Crippen LogP contribution >= 0.6 is 0 Å². The second-order valence-electron chi connectivity index (χ2n) is 5.28. The summed E-state index contributed by atoms with van der Waals surface area (Å²) in [5, 5.41) is 2.88. The lowest BCUT2D eigenvalue weighted by atomic mass is 9.96. The van der Waals surface area contributed by atoms with Crippen LogP contribution in [0.1, 0.15) is 37.0 Å². The second-order valence-corrected chi connectivity index (χ2v) is 5.28. The van der Waals surface area contributed by atoms with Crippen LogP contribution in [0.15, 0.2) is 18.3 Å². The van der Waals surface area contributed by atoms with Gasteiger partial charge in [0.25, 0.3) is 0 Å². The number of aromatic nitrogens is 1. The first-order valence-corrected chi connectivity index (χ1v) is 7.81. The van der Waals surface area contributed by atoms with E-state index in [4.69, 9.17) is 4.74 Å². The Morgan fingerprint density at radius 1 is 1.32 bits per heavy atom. The zero-order chi connectivity index (χ0) is 15.9. The molecular weight excluding hydrogens is 282 g/mol. The van der Waals surface area contributed by atoms with E-state index in [0.29, 0.717) is 18.7 Å². The first kappa shape index (κ1) is 16.3. The first-order valence-electron chi connectivity index (χ1n) is 7.81. The summed E-state index contributed by atoms with van der Waals surface area (Å²) in [5.74, 6) is 0.724. The van der Waals surface area contributed by atoms with E-state index in [-0.39, 0.29) is 17.8 Å². The van der Waals surface area contributed by atoms with Gasteiger partial charge in [-0.1, -0.05) is 0 Å². The van der Waals surface area contributed by atoms with Crippen molar-refractivity contribution in [3.05, 3.63) is 23.9 Å². The monoisotopic (exact) mass is 305 g/mol. The third-order valence-electron chi connectivity index (χ3n) is 3.80. The van der Waals surface area contributed by atoms with Crippen molar-refractivity contribution in [2.24, 2.45) is 5.92 Å². The van der Waals surface area contributed by atoms with E-state index >= 15 is 0 Å². The third-order valence-corrected chi connectivity index (χ3v) is 3.80. The topological polar surface area (TPSA) is 71.5 Å². The van der Waals surface area contributed by atoms with Crippen LogP contribution < -0.4 is 10.2 Å². The summed E-state index contributed by atoms with van der Waals surface area (Å²) in [6.45, 7) is 6.34. The van der Waals surface area contributed by atoms with Crippen LogP contribution in [-0.4, -0.2) is 43.1 Å². The predicted molar refractivity (Wildman–Crippen MR) is 83.8 cm³/mol. The van der Waals surface area contributed by atoms with Gasteiger partial charge in [0.2, 0.25) is 5.91 Å². The van der Waals surface area contributed by atoms with E-state index in [1.165, 1.54) is 0 Å². The van der Waals surface area contributed by atoms with E-state index < -0.39 is 0 Å². The van der Waals surface area contributed by atoms with Crippen molar-refractivity contribution in [3.63, 3.8) is 0 Å².